The monoisotopic (exact) mass is 570 g/mol. The average Bonchev–Trinajstić information content (AvgIpc) is 3.84. The van der Waals surface area contributed by atoms with Crippen LogP contribution in [0.1, 0.15) is 31.2 Å². The van der Waals surface area contributed by atoms with Gasteiger partial charge in [-0.15, -0.1) is 0 Å². The van der Waals surface area contributed by atoms with E-state index in [1.807, 2.05) is 25.1 Å². The van der Waals surface area contributed by atoms with Gasteiger partial charge in [0.25, 0.3) is 11.8 Å². The van der Waals surface area contributed by atoms with Gasteiger partial charge in [0.15, 0.2) is 11.5 Å². The first-order chi connectivity index (χ1) is 20.4. The quantitative estimate of drug-likeness (QED) is 0.113. The zero-order valence-corrected chi connectivity index (χ0v) is 23.5. The number of rotatable bonds is 11. The highest BCUT2D eigenvalue weighted by atomic mass is 19.1. The molecule has 0 bridgehead atoms. The van der Waals surface area contributed by atoms with Crippen LogP contribution in [-0.4, -0.2) is 37.6 Å². The Morgan fingerprint density at radius 1 is 0.881 bits per heavy atom. The van der Waals surface area contributed by atoms with Crippen molar-refractivity contribution in [2.45, 2.75) is 25.7 Å². The number of carbonyl (C=O) groups excluding carboxylic acids is 2. The van der Waals surface area contributed by atoms with Crippen LogP contribution in [0.2, 0.25) is 0 Å². The van der Waals surface area contributed by atoms with Crippen LogP contribution in [0.4, 0.5) is 15.8 Å². The van der Waals surface area contributed by atoms with E-state index in [0.717, 1.165) is 23.8 Å². The largest absolute Gasteiger partial charge is 0.493 e. The van der Waals surface area contributed by atoms with Gasteiger partial charge in [-0.1, -0.05) is 0 Å². The number of hydrogen-bond donors (Lipinski definition) is 3. The number of pyridine rings is 1. The number of ether oxygens (including phenoxy) is 3. The molecule has 4 aromatic rings. The molecule has 9 nitrogen and oxygen atoms in total. The van der Waals surface area contributed by atoms with Crippen molar-refractivity contribution in [2.75, 3.05) is 31.4 Å². The molecule has 2 amide bonds. The summed E-state index contributed by atoms with van der Waals surface area (Å²) < 4.78 is 30.6. The predicted molar refractivity (Wildman–Crippen MR) is 159 cm³/mol. The normalized spacial score (nSPS) is 12.9. The molecule has 42 heavy (non-hydrogen) atoms. The molecule has 1 heterocycles. The Morgan fingerprint density at radius 3 is 2.21 bits per heavy atom. The number of amides is 2. The molecule has 0 atom stereocenters. The summed E-state index contributed by atoms with van der Waals surface area (Å²) in [6.07, 6.45) is 5.04. The Kier molecular flexibility index (Phi) is 8.52. The van der Waals surface area contributed by atoms with Crippen LogP contribution >= 0.6 is 0 Å². The van der Waals surface area contributed by atoms with Crippen molar-refractivity contribution in [3.05, 3.63) is 90.0 Å². The highest BCUT2D eigenvalue weighted by Gasteiger charge is 2.28. The van der Waals surface area contributed by atoms with Gasteiger partial charge in [0, 0.05) is 41.8 Å². The lowest BCUT2D eigenvalue weighted by Crippen LogP contribution is -2.27. The van der Waals surface area contributed by atoms with E-state index in [9.17, 15) is 14.0 Å². The predicted octanol–water partition coefficient (Wildman–Crippen LogP) is 6.13. The minimum atomic E-state index is -0.626. The molecule has 0 unspecified atom stereocenters. The average molecular weight is 571 g/mol. The van der Waals surface area contributed by atoms with Crippen molar-refractivity contribution >= 4 is 34.1 Å². The van der Waals surface area contributed by atoms with Crippen molar-refractivity contribution in [3.63, 3.8) is 0 Å². The SMILES string of the molecule is CCN/C=C(\C(=O)Nc1ccc(F)cc1)C(=O)Nc1ccc(Oc2ccnc3cc(OC)c(OC)cc23)c(C2CC2)c1. The molecule has 0 aliphatic heterocycles. The summed E-state index contributed by atoms with van der Waals surface area (Å²) in [6, 6.07) is 16.1. The van der Waals surface area contributed by atoms with Crippen molar-refractivity contribution in [2.24, 2.45) is 0 Å². The molecular weight excluding hydrogens is 539 g/mol. The summed E-state index contributed by atoms with van der Waals surface area (Å²) in [5.74, 6) is 1.05. The summed E-state index contributed by atoms with van der Waals surface area (Å²) >= 11 is 0. The Balaban J connectivity index is 1.38. The van der Waals surface area contributed by atoms with Crippen LogP contribution in [0, 0.1) is 5.82 Å². The van der Waals surface area contributed by atoms with E-state index in [1.54, 1.807) is 38.6 Å². The fourth-order valence-electron chi connectivity index (χ4n) is 4.46. The van der Waals surface area contributed by atoms with E-state index in [-0.39, 0.29) is 11.5 Å². The molecule has 1 aliphatic rings. The number of nitrogens with one attached hydrogen (secondary N) is 3. The first kappa shape index (κ1) is 28.4. The number of carbonyl (C=O) groups is 2. The Morgan fingerprint density at radius 2 is 1.55 bits per heavy atom. The molecule has 0 saturated heterocycles. The lowest BCUT2D eigenvalue weighted by atomic mass is 10.1. The van der Waals surface area contributed by atoms with E-state index in [0.29, 0.717) is 46.4 Å². The number of methoxy groups -OCH3 is 2. The third kappa shape index (κ3) is 6.43. The maximum Gasteiger partial charge on any atom is 0.262 e. The highest BCUT2D eigenvalue weighted by Crippen LogP contribution is 2.47. The van der Waals surface area contributed by atoms with E-state index in [1.165, 1.54) is 30.5 Å². The zero-order chi connectivity index (χ0) is 29.6. The van der Waals surface area contributed by atoms with E-state index >= 15 is 0 Å². The van der Waals surface area contributed by atoms with Crippen LogP contribution in [0.25, 0.3) is 10.9 Å². The van der Waals surface area contributed by atoms with Gasteiger partial charge in [-0.25, -0.2) is 4.39 Å². The van der Waals surface area contributed by atoms with Gasteiger partial charge >= 0.3 is 0 Å². The fourth-order valence-corrected chi connectivity index (χ4v) is 4.46. The van der Waals surface area contributed by atoms with Crippen LogP contribution in [0.15, 0.2) is 78.6 Å². The third-order valence-corrected chi connectivity index (χ3v) is 6.75. The molecule has 0 radical (unpaired) electrons. The van der Waals surface area contributed by atoms with E-state index < -0.39 is 17.6 Å². The molecule has 1 aromatic heterocycles. The van der Waals surface area contributed by atoms with Crippen LogP contribution in [-0.2, 0) is 9.59 Å². The molecule has 3 N–H and O–H groups in total. The standard InChI is InChI=1S/C32H31FN4O5/c1-4-34-18-25(31(38)36-21-9-7-20(33)8-10-21)32(39)37-22-11-12-27(23(15-22)19-5-6-19)42-28-13-14-35-26-17-30(41-3)29(40-2)16-24(26)28/h7-19,34H,4-6H2,1-3H3,(H,36,38)(H,37,39)/b25-18+. The number of halogens is 1. The Bertz CT molecular complexity index is 1650. The topological polar surface area (TPSA) is 111 Å². The molecule has 10 heteroatoms. The van der Waals surface area contributed by atoms with Crippen LogP contribution in [0.3, 0.4) is 0 Å². The molecule has 1 fully saturated rings. The fraction of sp³-hybridized carbons (Fsp3) is 0.219. The number of anilines is 2. The lowest BCUT2D eigenvalue weighted by Gasteiger charge is -2.16. The van der Waals surface area contributed by atoms with Gasteiger partial charge < -0.3 is 30.2 Å². The van der Waals surface area contributed by atoms with Gasteiger partial charge in [-0.05, 0) is 85.8 Å². The molecule has 1 saturated carbocycles. The Labute approximate surface area is 242 Å². The van der Waals surface area contributed by atoms with Gasteiger partial charge in [0.2, 0.25) is 0 Å². The molecule has 1 aliphatic carbocycles. The summed E-state index contributed by atoms with van der Waals surface area (Å²) in [4.78, 5) is 30.6. The summed E-state index contributed by atoms with van der Waals surface area (Å²) in [5.41, 5.74) is 2.42. The van der Waals surface area contributed by atoms with Crippen molar-refractivity contribution in [3.8, 4) is 23.0 Å². The third-order valence-electron chi connectivity index (χ3n) is 6.75. The number of benzene rings is 3. The minimum Gasteiger partial charge on any atom is -0.493 e. The Hall–Kier alpha value is -5.12. The maximum absolute atomic E-state index is 13.3. The second kappa shape index (κ2) is 12.6. The lowest BCUT2D eigenvalue weighted by molar-refractivity contribution is -0.118. The second-order valence-corrected chi connectivity index (χ2v) is 9.69. The second-order valence-electron chi connectivity index (χ2n) is 9.69. The van der Waals surface area contributed by atoms with Gasteiger partial charge in [-0.3, -0.25) is 14.6 Å². The number of hydrogen-bond acceptors (Lipinski definition) is 7. The summed E-state index contributed by atoms with van der Waals surface area (Å²) in [7, 11) is 3.15. The maximum atomic E-state index is 13.3. The first-order valence-corrected chi connectivity index (χ1v) is 13.5. The molecule has 0 spiro atoms. The number of nitrogens with zero attached hydrogens (tertiary/aromatic N) is 1. The summed E-state index contributed by atoms with van der Waals surface area (Å²) in [6.45, 7) is 2.37. The molecule has 5 rings (SSSR count). The highest BCUT2D eigenvalue weighted by molar-refractivity contribution is 6.26. The first-order valence-electron chi connectivity index (χ1n) is 13.5. The van der Waals surface area contributed by atoms with Gasteiger partial charge in [-0.2, -0.15) is 0 Å². The van der Waals surface area contributed by atoms with Crippen LogP contribution < -0.4 is 30.2 Å². The number of aromatic nitrogens is 1. The van der Waals surface area contributed by atoms with Gasteiger partial charge in [0.1, 0.15) is 22.9 Å². The van der Waals surface area contributed by atoms with E-state index in [2.05, 4.69) is 20.9 Å². The molecule has 216 valence electrons. The molecule has 3 aromatic carbocycles. The smallest absolute Gasteiger partial charge is 0.262 e. The van der Waals surface area contributed by atoms with E-state index in [4.69, 9.17) is 14.2 Å². The van der Waals surface area contributed by atoms with Crippen molar-refractivity contribution in [1.82, 2.24) is 10.3 Å². The summed E-state index contributed by atoms with van der Waals surface area (Å²) in [5, 5.41) is 9.14. The van der Waals surface area contributed by atoms with Gasteiger partial charge in [0.05, 0.1) is 19.7 Å². The van der Waals surface area contributed by atoms with Crippen molar-refractivity contribution in [1.29, 1.82) is 0 Å². The van der Waals surface area contributed by atoms with Crippen LogP contribution in [0.5, 0.6) is 23.0 Å². The zero-order valence-electron chi connectivity index (χ0n) is 23.5. The minimum absolute atomic E-state index is 0.123. The number of fused-ring (bicyclic) bond motifs is 1. The van der Waals surface area contributed by atoms with Crippen molar-refractivity contribution < 1.29 is 28.2 Å². The molecular formula is C32H31FN4O5.